The van der Waals surface area contributed by atoms with Crippen molar-refractivity contribution in [1.29, 1.82) is 0 Å². The van der Waals surface area contributed by atoms with Crippen molar-refractivity contribution >= 4 is 23.5 Å². The van der Waals surface area contributed by atoms with Crippen LogP contribution in [0.25, 0.3) is 0 Å². The average Bonchev–Trinajstić information content (AvgIpc) is 2.84. The maximum atomic E-state index is 11.9. The molecule has 0 spiro atoms. The van der Waals surface area contributed by atoms with Gasteiger partial charge in [0.2, 0.25) is 5.91 Å². The molecule has 8 heteroatoms. The second-order valence-corrected chi connectivity index (χ2v) is 3.79. The van der Waals surface area contributed by atoms with E-state index in [-0.39, 0.29) is 29.2 Å². The standard InChI is InChI=1S/C9H14N6O2/c1-11-8-6(7(10)14-15-8)9(17)13-4-2-5(16)12-3-4/h4H,2-3H2,1H3,(H,12,16)(H,13,17)(H4,10,11,14,15)/t4-/m1/s1. The van der Waals surface area contributed by atoms with Gasteiger partial charge in [-0.2, -0.15) is 5.10 Å². The van der Waals surface area contributed by atoms with E-state index < -0.39 is 0 Å². The lowest BCUT2D eigenvalue weighted by Crippen LogP contribution is -2.36. The van der Waals surface area contributed by atoms with Crippen molar-refractivity contribution in [3.63, 3.8) is 0 Å². The second kappa shape index (κ2) is 4.32. The summed E-state index contributed by atoms with van der Waals surface area (Å²) in [4.78, 5) is 22.9. The highest BCUT2D eigenvalue weighted by Gasteiger charge is 2.26. The number of carbonyl (C=O) groups is 2. The Morgan fingerprint density at radius 3 is 2.94 bits per heavy atom. The Labute approximate surface area is 97.3 Å². The monoisotopic (exact) mass is 238 g/mol. The van der Waals surface area contributed by atoms with E-state index in [2.05, 4.69) is 26.1 Å². The predicted octanol–water partition coefficient (Wildman–Crippen LogP) is -1.35. The number of anilines is 2. The first-order chi connectivity index (χ1) is 8.11. The molecule has 8 nitrogen and oxygen atoms in total. The van der Waals surface area contributed by atoms with Crippen LogP contribution in [0.4, 0.5) is 11.6 Å². The quantitative estimate of drug-likeness (QED) is 0.445. The molecule has 1 atom stereocenters. The number of rotatable bonds is 3. The van der Waals surface area contributed by atoms with E-state index >= 15 is 0 Å². The summed E-state index contributed by atoms with van der Waals surface area (Å²) in [5, 5.41) is 14.5. The minimum atomic E-state index is -0.345. The maximum Gasteiger partial charge on any atom is 0.259 e. The lowest BCUT2D eigenvalue weighted by molar-refractivity contribution is -0.119. The van der Waals surface area contributed by atoms with Crippen LogP contribution in [0.2, 0.25) is 0 Å². The number of nitrogens with two attached hydrogens (primary N) is 1. The fourth-order valence-electron chi connectivity index (χ4n) is 1.73. The van der Waals surface area contributed by atoms with Crippen LogP contribution >= 0.6 is 0 Å². The van der Waals surface area contributed by atoms with Crippen LogP contribution in [0.3, 0.4) is 0 Å². The molecule has 2 amide bonds. The summed E-state index contributed by atoms with van der Waals surface area (Å²) in [6.45, 7) is 0.442. The topological polar surface area (TPSA) is 125 Å². The molecule has 1 saturated heterocycles. The van der Waals surface area contributed by atoms with Gasteiger partial charge in [-0.1, -0.05) is 0 Å². The molecule has 2 heterocycles. The number of aromatic amines is 1. The Kier molecular flexibility index (Phi) is 2.86. The number of nitrogen functional groups attached to an aromatic ring is 1. The lowest BCUT2D eigenvalue weighted by Gasteiger charge is -2.10. The smallest absolute Gasteiger partial charge is 0.259 e. The summed E-state index contributed by atoms with van der Waals surface area (Å²) in [6.07, 6.45) is 0.290. The second-order valence-electron chi connectivity index (χ2n) is 3.79. The van der Waals surface area contributed by atoms with Crippen molar-refractivity contribution in [3.05, 3.63) is 5.56 Å². The highest BCUT2D eigenvalue weighted by atomic mass is 16.2. The molecule has 1 aliphatic rings. The summed E-state index contributed by atoms with van der Waals surface area (Å²) in [7, 11) is 1.66. The molecule has 6 N–H and O–H groups in total. The first kappa shape index (κ1) is 11.2. The molecule has 1 aromatic heterocycles. The van der Waals surface area contributed by atoms with E-state index in [1.807, 2.05) is 0 Å². The third kappa shape index (κ3) is 2.14. The fourth-order valence-corrected chi connectivity index (χ4v) is 1.73. The third-order valence-corrected chi connectivity index (χ3v) is 2.58. The van der Waals surface area contributed by atoms with Gasteiger partial charge in [-0.15, -0.1) is 0 Å². The van der Waals surface area contributed by atoms with E-state index in [1.54, 1.807) is 7.05 Å². The number of carbonyl (C=O) groups excluding carboxylic acids is 2. The number of nitrogens with one attached hydrogen (secondary N) is 4. The van der Waals surface area contributed by atoms with Crippen LogP contribution in [0.5, 0.6) is 0 Å². The molecule has 0 unspecified atom stereocenters. The van der Waals surface area contributed by atoms with E-state index in [1.165, 1.54) is 0 Å². The molecule has 1 aromatic rings. The van der Waals surface area contributed by atoms with Gasteiger partial charge in [-0.25, -0.2) is 0 Å². The molecule has 0 bridgehead atoms. The van der Waals surface area contributed by atoms with Crippen LogP contribution in [-0.2, 0) is 4.79 Å². The molecule has 1 aliphatic heterocycles. The van der Waals surface area contributed by atoms with Gasteiger partial charge >= 0.3 is 0 Å². The Hall–Kier alpha value is -2.25. The number of hydrogen-bond acceptors (Lipinski definition) is 5. The van der Waals surface area contributed by atoms with Gasteiger partial charge in [-0.05, 0) is 0 Å². The van der Waals surface area contributed by atoms with Gasteiger partial charge in [-0.3, -0.25) is 14.7 Å². The molecule has 92 valence electrons. The molecule has 0 radical (unpaired) electrons. The summed E-state index contributed by atoms with van der Waals surface area (Å²) in [5.74, 6) is 0.174. The first-order valence-corrected chi connectivity index (χ1v) is 5.21. The van der Waals surface area contributed by atoms with Crippen molar-refractivity contribution in [2.24, 2.45) is 0 Å². The normalized spacial score (nSPS) is 18.9. The Morgan fingerprint density at radius 1 is 1.59 bits per heavy atom. The van der Waals surface area contributed by atoms with Gasteiger partial charge in [0.05, 0.1) is 6.04 Å². The lowest BCUT2D eigenvalue weighted by atomic mass is 10.2. The van der Waals surface area contributed by atoms with Crippen molar-refractivity contribution < 1.29 is 9.59 Å². The zero-order valence-electron chi connectivity index (χ0n) is 9.33. The van der Waals surface area contributed by atoms with Crippen LogP contribution in [0.1, 0.15) is 16.8 Å². The zero-order valence-corrected chi connectivity index (χ0v) is 9.33. The molecule has 1 fully saturated rings. The van der Waals surface area contributed by atoms with Crippen molar-refractivity contribution in [1.82, 2.24) is 20.8 Å². The van der Waals surface area contributed by atoms with Crippen molar-refractivity contribution in [2.75, 3.05) is 24.6 Å². The van der Waals surface area contributed by atoms with Crippen LogP contribution < -0.4 is 21.7 Å². The minimum absolute atomic E-state index is 0.0655. The minimum Gasteiger partial charge on any atom is -0.381 e. The molecule has 0 saturated carbocycles. The molecule has 0 aliphatic carbocycles. The van der Waals surface area contributed by atoms with Gasteiger partial charge in [0, 0.05) is 20.0 Å². The van der Waals surface area contributed by atoms with Crippen molar-refractivity contribution in [3.8, 4) is 0 Å². The summed E-state index contributed by atoms with van der Waals surface area (Å²) < 4.78 is 0. The van der Waals surface area contributed by atoms with E-state index in [4.69, 9.17) is 5.73 Å². The number of aromatic nitrogens is 2. The first-order valence-electron chi connectivity index (χ1n) is 5.21. The van der Waals surface area contributed by atoms with Crippen LogP contribution in [0.15, 0.2) is 0 Å². The van der Waals surface area contributed by atoms with E-state index in [0.717, 1.165) is 0 Å². The van der Waals surface area contributed by atoms with Gasteiger partial charge < -0.3 is 21.7 Å². The Balaban J connectivity index is 2.09. The third-order valence-electron chi connectivity index (χ3n) is 2.58. The number of H-pyrrole nitrogens is 1. The van der Waals surface area contributed by atoms with Gasteiger partial charge in [0.1, 0.15) is 11.4 Å². The molecular weight excluding hydrogens is 224 g/mol. The number of amides is 2. The highest BCUT2D eigenvalue weighted by molar-refractivity contribution is 6.03. The van der Waals surface area contributed by atoms with Crippen molar-refractivity contribution in [2.45, 2.75) is 12.5 Å². The van der Waals surface area contributed by atoms with E-state index in [9.17, 15) is 9.59 Å². The Morgan fingerprint density at radius 2 is 2.35 bits per heavy atom. The SMILES string of the molecule is CNc1[nH]nc(N)c1C(=O)N[C@H]1CNC(=O)C1. The number of hydrogen-bond donors (Lipinski definition) is 5. The van der Waals surface area contributed by atoms with E-state index in [0.29, 0.717) is 18.8 Å². The van der Waals surface area contributed by atoms with Gasteiger partial charge in [0.25, 0.3) is 5.91 Å². The predicted molar refractivity (Wildman–Crippen MR) is 61.4 cm³/mol. The summed E-state index contributed by atoms with van der Waals surface area (Å²) >= 11 is 0. The molecular formula is C9H14N6O2. The molecule has 0 aromatic carbocycles. The summed E-state index contributed by atoms with van der Waals surface area (Å²) in [5.41, 5.74) is 5.86. The zero-order chi connectivity index (χ0) is 12.4. The maximum absolute atomic E-state index is 11.9. The van der Waals surface area contributed by atoms with Crippen LogP contribution in [-0.4, -0.2) is 41.6 Å². The van der Waals surface area contributed by atoms with Gasteiger partial charge in [0.15, 0.2) is 5.82 Å². The number of nitrogens with zero attached hydrogens (tertiary/aromatic N) is 1. The van der Waals surface area contributed by atoms with Crippen LogP contribution in [0, 0.1) is 0 Å². The molecule has 17 heavy (non-hydrogen) atoms. The average molecular weight is 238 g/mol. The molecule has 2 rings (SSSR count). The Bertz CT molecular complexity index is 454. The summed E-state index contributed by atoms with van der Waals surface area (Å²) in [6, 6.07) is -0.200. The highest BCUT2D eigenvalue weighted by Crippen LogP contribution is 2.18. The largest absolute Gasteiger partial charge is 0.381 e. The fraction of sp³-hybridized carbons (Fsp3) is 0.444.